The molecular weight excluding hydrogens is 278 g/mol. The van der Waals surface area contributed by atoms with Gasteiger partial charge in [0, 0.05) is 12.2 Å². The molecule has 0 spiro atoms. The van der Waals surface area contributed by atoms with Crippen LogP contribution in [-0.4, -0.2) is 6.54 Å². The quantitative estimate of drug-likeness (QED) is 0.421. The predicted molar refractivity (Wildman–Crippen MR) is 98.8 cm³/mol. The molecule has 1 N–H and O–H groups in total. The van der Waals surface area contributed by atoms with Crippen molar-refractivity contribution in [1.29, 1.82) is 0 Å². The second kappa shape index (κ2) is 14.3. The lowest BCUT2D eigenvalue weighted by atomic mass is 10.1. The van der Waals surface area contributed by atoms with E-state index in [-0.39, 0.29) is 12.4 Å². The van der Waals surface area contributed by atoms with Gasteiger partial charge in [0.05, 0.1) is 0 Å². The molecule has 0 heterocycles. The Morgan fingerprint density at radius 1 is 0.762 bits per heavy atom. The maximum atomic E-state index is 3.54. The summed E-state index contributed by atoms with van der Waals surface area (Å²) in [5.74, 6) is 0. The van der Waals surface area contributed by atoms with Gasteiger partial charge in [0.15, 0.2) is 0 Å². The average Bonchev–Trinajstić information content (AvgIpc) is 2.46. The molecule has 0 radical (unpaired) electrons. The van der Waals surface area contributed by atoms with Gasteiger partial charge in [-0.1, -0.05) is 82.9 Å². The molecule has 1 rings (SSSR count). The topological polar surface area (TPSA) is 12.0 Å². The number of benzene rings is 1. The van der Waals surface area contributed by atoms with E-state index in [0.717, 1.165) is 6.54 Å². The van der Waals surface area contributed by atoms with E-state index in [0.29, 0.717) is 0 Å². The van der Waals surface area contributed by atoms with Gasteiger partial charge in [-0.3, -0.25) is 0 Å². The summed E-state index contributed by atoms with van der Waals surface area (Å²) < 4.78 is 0. The number of rotatable bonds is 12. The molecule has 0 saturated heterocycles. The molecule has 0 fully saturated rings. The van der Waals surface area contributed by atoms with Gasteiger partial charge in [0.2, 0.25) is 0 Å². The summed E-state index contributed by atoms with van der Waals surface area (Å²) in [5, 5.41) is 3.54. The Morgan fingerprint density at radius 2 is 1.29 bits per heavy atom. The van der Waals surface area contributed by atoms with Gasteiger partial charge in [-0.15, -0.1) is 12.4 Å². The second-order valence-electron chi connectivity index (χ2n) is 5.92. The molecule has 0 aromatic heterocycles. The van der Waals surface area contributed by atoms with E-state index < -0.39 is 0 Å². The summed E-state index contributed by atoms with van der Waals surface area (Å²) in [6.45, 7) is 5.56. The Hall–Kier alpha value is -0.690. The first-order valence-electron chi connectivity index (χ1n) is 8.64. The summed E-state index contributed by atoms with van der Waals surface area (Å²) in [7, 11) is 0. The van der Waals surface area contributed by atoms with Crippen LogP contribution in [0.5, 0.6) is 0 Å². The highest BCUT2D eigenvalue weighted by Gasteiger charge is 1.96. The van der Waals surface area contributed by atoms with Crippen LogP contribution in [0.25, 0.3) is 0 Å². The number of anilines is 1. The highest BCUT2D eigenvalue weighted by Crippen LogP contribution is 2.14. The number of halogens is 1. The third-order valence-corrected chi connectivity index (χ3v) is 3.99. The molecule has 1 nitrogen and oxygen atoms in total. The number of para-hydroxylation sites is 1. The largest absolute Gasteiger partial charge is 0.385 e. The third kappa shape index (κ3) is 10.6. The molecule has 21 heavy (non-hydrogen) atoms. The van der Waals surface area contributed by atoms with Crippen LogP contribution < -0.4 is 5.32 Å². The van der Waals surface area contributed by atoms with Crippen molar-refractivity contribution in [1.82, 2.24) is 0 Å². The molecule has 1 aromatic rings. The minimum Gasteiger partial charge on any atom is -0.385 e. The summed E-state index contributed by atoms with van der Waals surface area (Å²) in [4.78, 5) is 0. The molecule has 0 aliphatic rings. The lowest BCUT2D eigenvalue weighted by Gasteiger charge is -2.09. The number of hydrogen-bond donors (Lipinski definition) is 1. The Bertz CT molecular complexity index is 338. The minimum absolute atomic E-state index is 0. The fraction of sp³-hybridized carbons (Fsp3) is 0.684. The summed E-state index contributed by atoms with van der Waals surface area (Å²) in [6.07, 6.45) is 14.0. The highest BCUT2D eigenvalue weighted by molar-refractivity contribution is 5.85. The molecule has 1 aromatic carbocycles. The maximum Gasteiger partial charge on any atom is 0.0369 e. The summed E-state index contributed by atoms with van der Waals surface area (Å²) in [6, 6.07) is 8.54. The molecule has 0 atom stereocenters. The van der Waals surface area contributed by atoms with E-state index in [9.17, 15) is 0 Å². The fourth-order valence-corrected chi connectivity index (χ4v) is 2.61. The Morgan fingerprint density at radius 3 is 1.86 bits per heavy atom. The van der Waals surface area contributed by atoms with Gasteiger partial charge in [0.1, 0.15) is 0 Å². The fourth-order valence-electron chi connectivity index (χ4n) is 2.61. The van der Waals surface area contributed by atoms with Crippen molar-refractivity contribution >= 4 is 18.1 Å². The van der Waals surface area contributed by atoms with E-state index in [4.69, 9.17) is 0 Å². The first-order valence-corrected chi connectivity index (χ1v) is 8.64. The monoisotopic (exact) mass is 311 g/mol. The maximum absolute atomic E-state index is 3.54. The zero-order chi connectivity index (χ0) is 14.5. The van der Waals surface area contributed by atoms with Crippen molar-refractivity contribution in [3.8, 4) is 0 Å². The Labute approximate surface area is 138 Å². The zero-order valence-electron chi connectivity index (χ0n) is 14.0. The lowest BCUT2D eigenvalue weighted by Crippen LogP contribution is -2.02. The van der Waals surface area contributed by atoms with Crippen molar-refractivity contribution in [2.45, 2.75) is 78.1 Å². The van der Waals surface area contributed by atoms with E-state index in [1.165, 1.54) is 75.5 Å². The second-order valence-corrected chi connectivity index (χ2v) is 5.92. The van der Waals surface area contributed by atoms with Crippen LogP contribution in [0, 0.1) is 6.92 Å². The average molecular weight is 312 g/mol. The van der Waals surface area contributed by atoms with Gasteiger partial charge in [-0.2, -0.15) is 0 Å². The van der Waals surface area contributed by atoms with Gasteiger partial charge in [0.25, 0.3) is 0 Å². The van der Waals surface area contributed by atoms with Gasteiger partial charge < -0.3 is 5.32 Å². The van der Waals surface area contributed by atoms with Gasteiger partial charge in [-0.25, -0.2) is 0 Å². The standard InChI is InChI=1S/C19H33N.ClH/c1-3-4-5-6-7-8-9-10-11-14-17-20-19-16-13-12-15-18(19)2;/h12-13,15-16,20H,3-11,14,17H2,1-2H3;1H. The molecule has 0 aliphatic heterocycles. The number of aryl methyl sites for hydroxylation is 1. The summed E-state index contributed by atoms with van der Waals surface area (Å²) >= 11 is 0. The molecule has 0 amide bonds. The molecule has 0 unspecified atom stereocenters. The van der Waals surface area contributed by atoms with Gasteiger partial charge >= 0.3 is 0 Å². The van der Waals surface area contributed by atoms with Crippen LogP contribution in [-0.2, 0) is 0 Å². The molecular formula is C19H34ClN. The number of nitrogens with one attached hydrogen (secondary N) is 1. The first-order chi connectivity index (χ1) is 9.84. The van der Waals surface area contributed by atoms with Crippen molar-refractivity contribution < 1.29 is 0 Å². The number of unbranched alkanes of at least 4 members (excludes halogenated alkanes) is 9. The van der Waals surface area contributed by atoms with Crippen molar-refractivity contribution in [3.05, 3.63) is 29.8 Å². The van der Waals surface area contributed by atoms with Gasteiger partial charge in [-0.05, 0) is 25.0 Å². The van der Waals surface area contributed by atoms with Crippen molar-refractivity contribution in [2.24, 2.45) is 0 Å². The van der Waals surface area contributed by atoms with Crippen molar-refractivity contribution in [3.63, 3.8) is 0 Å². The van der Waals surface area contributed by atoms with Crippen LogP contribution in [0.3, 0.4) is 0 Å². The Kier molecular flexibility index (Phi) is 13.8. The van der Waals surface area contributed by atoms with E-state index >= 15 is 0 Å². The smallest absolute Gasteiger partial charge is 0.0369 e. The molecule has 0 saturated carbocycles. The van der Waals surface area contributed by atoms with Crippen LogP contribution >= 0.6 is 12.4 Å². The normalized spacial score (nSPS) is 10.2. The predicted octanol–water partition coefficient (Wildman–Crippen LogP) is 6.75. The van der Waals surface area contributed by atoms with E-state index in [1.54, 1.807) is 0 Å². The molecule has 0 bridgehead atoms. The molecule has 122 valence electrons. The third-order valence-electron chi connectivity index (χ3n) is 3.99. The first kappa shape index (κ1) is 20.3. The van der Waals surface area contributed by atoms with Crippen LogP contribution in [0.15, 0.2) is 24.3 Å². The SMILES string of the molecule is CCCCCCCCCCCCNc1ccccc1C.Cl. The highest BCUT2D eigenvalue weighted by atomic mass is 35.5. The van der Waals surface area contributed by atoms with Crippen molar-refractivity contribution in [2.75, 3.05) is 11.9 Å². The molecule has 2 heteroatoms. The van der Waals surface area contributed by atoms with E-state index in [1.807, 2.05) is 0 Å². The van der Waals surface area contributed by atoms with E-state index in [2.05, 4.69) is 43.4 Å². The number of hydrogen-bond acceptors (Lipinski definition) is 1. The molecule has 0 aliphatic carbocycles. The van der Waals surface area contributed by atoms with Crippen LogP contribution in [0.2, 0.25) is 0 Å². The lowest BCUT2D eigenvalue weighted by molar-refractivity contribution is 0.560. The Balaban J connectivity index is 0.00000400. The van der Waals surface area contributed by atoms with Crippen LogP contribution in [0.1, 0.15) is 76.7 Å². The minimum atomic E-state index is 0. The summed E-state index contributed by atoms with van der Waals surface area (Å²) in [5.41, 5.74) is 2.64. The zero-order valence-corrected chi connectivity index (χ0v) is 14.8. The van der Waals surface area contributed by atoms with Crippen LogP contribution in [0.4, 0.5) is 5.69 Å².